The Kier molecular flexibility index (Phi) is 31.5. The number of hydrogen-bond donors (Lipinski definition) is 2. The van der Waals surface area contributed by atoms with Crippen molar-refractivity contribution in [2.75, 3.05) is 13.2 Å². The molecule has 0 fully saturated rings. The molecule has 0 spiro atoms. The van der Waals surface area contributed by atoms with E-state index in [1.807, 2.05) is 36.4 Å². The first-order valence-corrected chi connectivity index (χ1v) is 30.4. The monoisotopic (exact) mass is 1510 g/mol. The van der Waals surface area contributed by atoms with E-state index >= 15 is 0 Å². The van der Waals surface area contributed by atoms with Gasteiger partial charge in [-0.3, -0.25) is 58.1 Å². The molecule has 94 heavy (non-hydrogen) atoms. The fourth-order valence-corrected chi connectivity index (χ4v) is 10.7. The maximum Gasteiger partial charge on any atom is 0.300 e. The second kappa shape index (κ2) is 38.7. The van der Waals surface area contributed by atoms with Crippen LogP contribution >= 0.6 is 0 Å². The second-order valence-electron chi connectivity index (χ2n) is 22.2. The van der Waals surface area contributed by atoms with Crippen LogP contribution in [0.15, 0.2) is 289 Å². The molecule has 2 atom stereocenters. The second-order valence-corrected chi connectivity index (χ2v) is 22.2. The number of aliphatic carboxylic acids is 2. The van der Waals surface area contributed by atoms with Crippen molar-refractivity contribution in [2.24, 2.45) is 21.8 Å². The molecule has 2 heterocycles. The summed E-state index contributed by atoms with van der Waals surface area (Å²) in [5.74, 6) is 0.937. The SMILES string of the molecule is CC(=O)O.CC(=O)O.CC(C)[C@H]1COC(c2[c-]cc[cH-]2)=N1.CC(C)[C@H]1COC(c2[c-]cc[cH-]2)=N1.[Co].[Co].[Pd].[Pd].c1ccc(C2=C(c3ccccc3)C(c3ccccc3)=C2c2ccccc2)cc1.c1ccc(C2=C(c3ccccc3)C(c3ccccc3)=C2c2ccccc2)cc1. The summed E-state index contributed by atoms with van der Waals surface area (Å²) in [4.78, 5) is 27.0. The van der Waals surface area contributed by atoms with Crippen LogP contribution in [0.5, 0.6) is 0 Å². The van der Waals surface area contributed by atoms with Crippen LogP contribution in [0.4, 0.5) is 0 Å². The third-order valence-electron chi connectivity index (χ3n) is 15.0. The van der Waals surface area contributed by atoms with E-state index in [9.17, 15) is 0 Å². The zero-order valence-electron chi connectivity index (χ0n) is 53.0. The van der Waals surface area contributed by atoms with Gasteiger partial charge in [0, 0.05) is 100 Å². The zero-order valence-corrected chi connectivity index (χ0v) is 58.2. The molecule has 10 aromatic carbocycles. The van der Waals surface area contributed by atoms with Crippen LogP contribution in [0.3, 0.4) is 0 Å². The predicted octanol–water partition coefficient (Wildman–Crippen LogP) is 18.6. The van der Waals surface area contributed by atoms with Gasteiger partial charge in [-0.1, -0.05) is 270 Å². The average molecular weight is 1510 g/mol. The van der Waals surface area contributed by atoms with E-state index in [-0.39, 0.29) is 74.4 Å². The van der Waals surface area contributed by atoms with E-state index in [0.717, 1.165) is 36.8 Å². The van der Waals surface area contributed by atoms with Gasteiger partial charge in [-0.2, -0.15) is 0 Å². The predicted molar refractivity (Wildman–Crippen MR) is 369 cm³/mol. The molecule has 2 aliphatic carbocycles. The van der Waals surface area contributed by atoms with Crippen molar-refractivity contribution >= 4 is 68.3 Å². The van der Waals surface area contributed by atoms with Crippen LogP contribution in [-0.4, -0.2) is 59.2 Å². The summed E-state index contributed by atoms with van der Waals surface area (Å²) in [6, 6.07) is 104. The smallest absolute Gasteiger partial charge is 0.300 e. The van der Waals surface area contributed by atoms with Gasteiger partial charge in [-0.15, -0.1) is 0 Å². The van der Waals surface area contributed by atoms with Gasteiger partial charge in [0.1, 0.15) is 0 Å². The van der Waals surface area contributed by atoms with Gasteiger partial charge in [-0.25, -0.2) is 11.1 Å². The van der Waals surface area contributed by atoms with Crippen LogP contribution in [0, 0.1) is 24.0 Å². The molecule has 2 N–H and O–H groups in total. The molecule has 2 radical (unpaired) electrons. The molecule has 8 nitrogen and oxygen atoms in total. The number of carboxylic acids is 2. The number of aliphatic imine (C=N–C) groups is 2. The van der Waals surface area contributed by atoms with Gasteiger partial charge in [-0.05, 0) is 101 Å². The number of rotatable bonds is 12. The Morgan fingerprint density at radius 1 is 0.372 bits per heavy atom. The number of carbonyl (C=O) groups is 2. The number of carboxylic acid groups (broad SMARTS) is 2. The minimum absolute atomic E-state index is 0. The van der Waals surface area contributed by atoms with E-state index < -0.39 is 11.9 Å². The number of nitrogens with zero attached hydrogens (tertiary/aromatic N) is 2. The Morgan fingerprint density at radius 2 is 0.543 bits per heavy atom. The Bertz CT molecular complexity index is 3420. The maximum atomic E-state index is 9.00. The number of ether oxygens (including phenoxy) is 2. The Labute approximate surface area is 602 Å². The number of hydrogen-bond acceptors (Lipinski definition) is 6. The maximum absolute atomic E-state index is 9.00. The molecular weight excluding hydrogens is 1440 g/mol. The standard InChI is InChI=1S/2C28H20.2C11H13NO.2C2H4O2.2Co.2Pd/c2*1-5-13-21(14-6-1)25-26(22-15-7-2-8-16-22)28(24-19-11-4-12-20-24)27(25)23-17-9-3-10-18-23;2*1-8(2)10-7-13-11(12-10)9-5-3-4-6-9;2*1-2(3)4;;;;/h2*1-20H;2*3-5,8,10H,7H2,1-2H3;2*1H3,(H,3,4);;;;/q;;2*-2;;;;;;/t;;2*10-;;;;;;/m..11....../s1. The largest absolute Gasteiger partial charge is 0.561 e. The Balaban J connectivity index is 0.000000226. The van der Waals surface area contributed by atoms with Crippen LogP contribution in [0.25, 0.3) is 44.6 Å². The molecule has 12 heteroatoms. The van der Waals surface area contributed by atoms with Crippen LogP contribution in [0.2, 0.25) is 0 Å². The van der Waals surface area contributed by atoms with E-state index in [1.54, 1.807) is 0 Å². The molecule has 0 aromatic heterocycles. The molecule has 0 amide bonds. The van der Waals surface area contributed by atoms with E-state index in [0.29, 0.717) is 37.1 Å². The summed E-state index contributed by atoms with van der Waals surface area (Å²) in [6.07, 6.45) is 0. The minimum Gasteiger partial charge on any atom is -0.561 e. The molecule has 490 valence electrons. The van der Waals surface area contributed by atoms with Crippen molar-refractivity contribution in [3.63, 3.8) is 0 Å². The van der Waals surface area contributed by atoms with Crippen molar-refractivity contribution in [3.8, 4) is 0 Å². The number of benzene rings is 8. The summed E-state index contributed by atoms with van der Waals surface area (Å²) in [5.41, 5.74) is 22.7. The van der Waals surface area contributed by atoms with Gasteiger partial charge in [0.15, 0.2) is 0 Å². The van der Waals surface area contributed by atoms with Crippen LogP contribution < -0.4 is 0 Å². The first-order chi connectivity index (χ1) is 43.9. The molecular formula is C82H74Co2N2O6Pd2-4. The zero-order chi connectivity index (χ0) is 63.2. The third kappa shape index (κ3) is 20.3. The molecule has 10 aromatic rings. The first-order valence-electron chi connectivity index (χ1n) is 30.4. The summed E-state index contributed by atoms with van der Waals surface area (Å²) < 4.78 is 11.0. The van der Waals surface area contributed by atoms with E-state index in [4.69, 9.17) is 29.3 Å². The molecule has 2 aliphatic heterocycles. The van der Waals surface area contributed by atoms with E-state index in [1.165, 1.54) is 89.1 Å². The summed E-state index contributed by atoms with van der Waals surface area (Å²) in [7, 11) is 0. The first kappa shape index (κ1) is 76.4. The molecule has 4 aliphatic rings. The van der Waals surface area contributed by atoms with Crippen molar-refractivity contribution in [1.82, 2.24) is 0 Å². The Morgan fingerprint density at radius 3 is 0.670 bits per heavy atom. The quantitative estimate of drug-likeness (QED) is 0.0929. The molecule has 14 rings (SSSR count). The minimum atomic E-state index is -0.833. The van der Waals surface area contributed by atoms with Gasteiger partial charge in [0.2, 0.25) is 0 Å². The fraction of sp³-hybridized carbons (Fsp3) is 0.146. The summed E-state index contributed by atoms with van der Waals surface area (Å²) in [6.45, 7) is 12.2. The van der Waals surface area contributed by atoms with Gasteiger partial charge < -0.3 is 29.7 Å². The van der Waals surface area contributed by atoms with Crippen LogP contribution in [0.1, 0.15) is 97.2 Å². The van der Waals surface area contributed by atoms with Crippen molar-refractivity contribution in [3.05, 3.63) is 347 Å². The van der Waals surface area contributed by atoms with Crippen molar-refractivity contribution in [1.29, 1.82) is 0 Å². The average Bonchev–Trinajstić information content (AvgIpc) is 0.885. The Hall–Kier alpha value is -8.36. The molecule has 0 saturated heterocycles. The summed E-state index contributed by atoms with van der Waals surface area (Å²) >= 11 is 0. The van der Waals surface area contributed by atoms with Crippen molar-refractivity contribution < 1.29 is 104 Å². The van der Waals surface area contributed by atoms with Gasteiger partial charge in [0.25, 0.3) is 11.9 Å². The fourth-order valence-electron chi connectivity index (χ4n) is 10.7. The topological polar surface area (TPSA) is 118 Å². The van der Waals surface area contributed by atoms with Crippen LogP contribution in [-0.2, 0) is 93.5 Å². The third-order valence-corrected chi connectivity index (χ3v) is 15.0. The number of allylic oxidation sites excluding steroid dienone is 8. The van der Waals surface area contributed by atoms with Gasteiger partial charge >= 0.3 is 0 Å². The van der Waals surface area contributed by atoms with Crippen molar-refractivity contribution in [2.45, 2.75) is 53.6 Å². The molecule has 0 unspecified atom stereocenters. The normalized spacial score (nSPS) is 14.6. The molecule has 0 bridgehead atoms. The summed E-state index contributed by atoms with van der Waals surface area (Å²) in [5, 5.41) is 14.8. The van der Waals surface area contributed by atoms with Gasteiger partial charge in [0.05, 0.1) is 25.3 Å². The van der Waals surface area contributed by atoms with E-state index in [2.05, 4.69) is 292 Å². The molecule has 0 saturated carbocycles.